The quantitative estimate of drug-likeness (QED) is 0.526. The lowest BCUT2D eigenvalue weighted by Crippen LogP contribution is -2.12. The highest BCUT2D eigenvalue weighted by Crippen LogP contribution is 2.31. The number of aryl methyl sites for hydroxylation is 1. The van der Waals surface area contributed by atoms with Crippen molar-refractivity contribution in [2.45, 2.75) is 26.7 Å². The Balaban J connectivity index is 2.12. The molecule has 0 radical (unpaired) electrons. The summed E-state index contributed by atoms with van der Waals surface area (Å²) in [5.41, 5.74) is 4.90. The van der Waals surface area contributed by atoms with E-state index in [2.05, 4.69) is 43.8 Å². The SMILES string of the molecule is C=C(C)c1ccccc1C(=O)C(C)c1cccc2cccc(C)c12. The van der Waals surface area contributed by atoms with Crippen molar-refractivity contribution in [3.8, 4) is 0 Å². The molecule has 3 aromatic rings. The van der Waals surface area contributed by atoms with Gasteiger partial charge in [0.15, 0.2) is 5.78 Å². The molecule has 1 atom stereocenters. The van der Waals surface area contributed by atoms with E-state index in [1.807, 2.05) is 44.2 Å². The van der Waals surface area contributed by atoms with Crippen LogP contribution in [-0.4, -0.2) is 5.78 Å². The lowest BCUT2D eigenvalue weighted by Gasteiger charge is -2.17. The van der Waals surface area contributed by atoms with Gasteiger partial charge in [-0.15, -0.1) is 0 Å². The molecule has 1 heteroatoms. The van der Waals surface area contributed by atoms with Crippen molar-refractivity contribution in [2.75, 3.05) is 0 Å². The average Bonchev–Trinajstić information content (AvgIpc) is 2.60. The summed E-state index contributed by atoms with van der Waals surface area (Å²) in [4.78, 5) is 13.2. The highest BCUT2D eigenvalue weighted by atomic mass is 16.1. The summed E-state index contributed by atoms with van der Waals surface area (Å²) in [5.74, 6) is -0.0559. The van der Waals surface area contributed by atoms with Gasteiger partial charge in [0.1, 0.15) is 0 Å². The van der Waals surface area contributed by atoms with Gasteiger partial charge in [-0.1, -0.05) is 79.7 Å². The number of rotatable bonds is 4. The van der Waals surface area contributed by atoms with Crippen LogP contribution in [0.5, 0.6) is 0 Å². The molecule has 0 aromatic heterocycles. The van der Waals surface area contributed by atoms with Crippen LogP contribution < -0.4 is 0 Å². The van der Waals surface area contributed by atoms with E-state index < -0.39 is 0 Å². The first-order chi connectivity index (χ1) is 11.5. The summed E-state index contributed by atoms with van der Waals surface area (Å²) in [5, 5.41) is 2.37. The molecule has 24 heavy (non-hydrogen) atoms. The Hall–Kier alpha value is -2.67. The predicted molar refractivity (Wildman–Crippen MR) is 103 cm³/mol. The maximum atomic E-state index is 13.2. The van der Waals surface area contributed by atoms with Crippen molar-refractivity contribution in [3.05, 3.63) is 89.5 Å². The van der Waals surface area contributed by atoms with Gasteiger partial charge in [0.05, 0.1) is 0 Å². The van der Waals surface area contributed by atoms with Crippen LogP contribution in [0.3, 0.4) is 0 Å². The first-order valence-electron chi connectivity index (χ1n) is 8.28. The highest BCUT2D eigenvalue weighted by Gasteiger charge is 2.22. The summed E-state index contributed by atoms with van der Waals surface area (Å²) in [7, 11) is 0. The Labute approximate surface area is 143 Å². The fourth-order valence-electron chi connectivity index (χ4n) is 3.37. The minimum atomic E-state index is -0.199. The van der Waals surface area contributed by atoms with E-state index >= 15 is 0 Å². The number of fused-ring (bicyclic) bond motifs is 1. The maximum absolute atomic E-state index is 13.2. The molecule has 0 aliphatic rings. The second kappa shape index (κ2) is 6.45. The zero-order valence-corrected chi connectivity index (χ0v) is 14.5. The Kier molecular flexibility index (Phi) is 4.35. The third-order valence-corrected chi connectivity index (χ3v) is 4.66. The van der Waals surface area contributed by atoms with Gasteiger partial charge in [0.2, 0.25) is 0 Å². The fourth-order valence-corrected chi connectivity index (χ4v) is 3.37. The first kappa shape index (κ1) is 16.2. The Morgan fingerprint density at radius 3 is 2.21 bits per heavy atom. The van der Waals surface area contributed by atoms with Gasteiger partial charge in [0.25, 0.3) is 0 Å². The molecule has 0 aliphatic carbocycles. The summed E-state index contributed by atoms with van der Waals surface area (Å²) in [6.07, 6.45) is 0. The molecule has 0 N–H and O–H groups in total. The minimum absolute atomic E-state index is 0.143. The Bertz CT molecular complexity index is 928. The minimum Gasteiger partial charge on any atom is -0.293 e. The van der Waals surface area contributed by atoms with Gasteiger partial charge < -0.3 is 0 Å². The Morgan fingerprint density at radius 1 is 0.917 bits per heavy atom. The summed E-state index contributed by atoms with van der Waals surface area (Å²) < 4.78 is 0. The van der Waals surface area contributed by atoms with Crippen molar-refractivity contribution >= 4 is 22.1 Å². The largest absolute Gasteiger partial charge is 0.293 e. The summed E-state index contributed by atoms with van der Waals surface area (Å²) >= 11 is 0. The predicted octanol–water partition coefficient (Wildman–Crippen LogP) is 6.17. The molecule has 0 bridgehead atoms. The van der Waals surface area contributed by atoms with Crippen LogP contribution in [0, 0.1) is 6.92 Å². The van der Waals surface area contributed by atoms with E-state index in [1.165, 1.54) is 16.3 Å². The average molecular weight is 314 g/mol. The molecule has 0 aliphatic heterocycles. The van der Waals surface area contributed by atoms with Crippen molar-refractivity contribution in [1.82, 2.24) is 0 Å². The molecule has 0 spiro atoms. The first-order valence-corrected chi connectivity index (χ1v) is 8.28. The van der Waals surface area contributed by atoms with Crippen molar-refractivity contribution in [1.29, 1.82) is 0 Å². The van der Waals surface area contributed by atoms with E-state index in [1.54, 1.807) is 0 Å². The maximum Gasteiger partial charge on any atom is 0.170 e. The molecule has 0 fully saturated rings. The van der Waals surface area contributed by atoms with Crippen molar-refractivity contribution in [2.24, 2.45) is 0 Å². The number of allylic oxidation sites excluding steroid dienone is 1. The van der Waals surface area contributed by atoms with Crippen molar-refractivity contribution < 1.29 is 4.79 Å². The third-order valence-electron chi connectivity index (χ3n) is 4.66. The van der Waals surface area contributed by atoms with Crippen LogP contribution in [0.4, 0.5) is 0 Å². The van der Waals surface area contributed by atoms with Crippen LogP contribution in [0.1, 0.15) is 46.8 Å². The molecule has 3 rings (SSSR count). The van der Waals surface area contributed by atoms with Crippen LogP contribution in [-0.2, 0) is 0 Å². The van der Waals surface area contributed by atoms with E-state index in [0.29, 0.717) is 0 Å². The highest BCUT2D eigenvalue weighted by molar-refractivity contribution is 6.06. The van der Waals surface area contributed by atoms with Crippen LogP contribution in [0.15, 0.2) is 67.2 Å². The third kappa shape index (κ3) is 2.78. The van der Waals surface area contributed by atoms with E-state index in [0.717, 1.165) is 22.3 Å². The molecular formula is C23H22O. The van der Waals surface area contributed by atoms with Gasteiger partial charge in [-0.2, -0.15) is 0 Å². The number of hydrogen-bond acceptors (Lipinski definition) is 1. The number of carbonyl (C=O) groups excluding carboxylic acids is 1. The van der Waals surface area contributed by atoms with Crippen LogP contribution >= 0.6 is 0 Å². The number of benzene rings is 3. The number of carbonyl (C=O) groups is 1. The standard InChI is InChI=1S/C23H22O/c1-15(2)19-12-5-6-13-21(19)23(24)17(4)20-14-8-11-18-10-7-9-16(3)22(18)20/h5-14,17H,1H2,2-4H3. The number of ketones is 1. The van der Waals surface area contributed by atoms with Gasteiger partial charge >= 0.3 is 0 Å². The molecule has 3 aromatic carbocycles. The molecular weight excluding hydrogens is 292 g/mol. The van der Waals surface area contributed by atoms with Crippen molar-refractivity contribution in [3.63, 3.8) is 0 Å². The second-order valence-corrected chi connectivity index (χ2v) is 6.43. The van der Waals surface area contributed by atoms with Gasteiger partial charge in [0, 0.05) is 11.5 Å². The lowest BCUT2D eigenvalue weighted by molar-refractivity contribution is 0.0966. The molecule has 0 heterocycles. The second-order valence-electron chi connectivity index (χ2n) is 6.43. The van der Waals surface area contributed by atoms with Crippen LogP contribution in [0.2, 0.25) is 0 Å². The zero-order valence-electron chi connectivity index (χ0n) is 14.5. The van der Waals surface area contributed by atoms with Crippen LogP contribution in [0.25, 0.3) is 16.3 Å². The molecule has 0 saturated carbocycles. The zero-order chi connectivity index (χ0) is 17.3. The monoisotopic (exact) mass is 314 g/mol. The fraction of sp³-hybridized carbons (Fsp3) is 0.174. The summed E-state index contributed by atoms with van der Waals surface area (Å²) in [6.45, 7) is 10.1. The van der Waals surface area contributed by atoms with E-state index in [-0.39, 0.29) is 11.7 Å². The summed E-state index contributed by atoms with van der Waals surface area (Å²) in [6, 6.07) is 20.2. The van der Waals surface area contributed by atoms with E-state index in [4.69, 9.17) is 0 Å². The smallest absolute Gasteiger partial charge is 0.170 e. The normalized spacial score (nSPS) is 12.1. The molecule has 1 unspecified atom stereocenters. The number of Topliss-reactive ketones (excluding diaryl/α,β-unsaturated/α-hetero) is 1. The Morgan fingerprint density at radius 2 is 1.54 bits per heavy atom. The number of hydrogen-bond donors (Lipinski definition) is 0. The van der Waals surface area contributed by atoms with Gasteiger partial charge in [-0.3, -0.25) is 4.79 Å². The molecule has 1 nitrogen and oxygen atoms in total. The topological polar surface area (TPSA) is 17.1 Å². The van der Waals surface area contributed by atoms with Gasteiger partial charge in [-0.25, -0.2) is 0 Å². The lowest BCUT2D eigenvalue weighted by atomic mass is 9.85. The van der Waals surface area contributed by atoms with E-state index in [9.17, 15) is 4.79 Å². The molecule has 0 amide bonds. The van der Waals surface area contributed by atoms with Gasteiger partial charge in [-0.05, 0) is 41.3 Å². The molecule has 0 saturated heterocycles. The molecule has 120 valence electrons.